The number of nitrogens with zero attached hydrogens (tertiary/aromatic N) is 1. The first-order valence-corrected chi connectivity index (χ1v) is 6.54. The smallest absolute Gasteiger partial charge is 0.0471 e. The lowest BCUT2D eigenvalue weighted by Crippen LogP contribution is -2.21. The molecule has 2 heterocycles. The molecular formula is C14H20N2O. The lowest BCUT2D eigenvalue weighted by molar-refractivity contribution is 0.220. The molecule has 0 unspecified atom stereocenters. The maximum absolute atomic E-state index is 9.17. The van der Waals surface area contributed by atoms with Crippen LogP contribution in [0.5, 0.6) is 0 Å². The second-order valence-corrected chi connectivity index (χ2v) is 5.20. The minimum Gasteiger partial charge on any atom is -0.396 e. The molecule has 3 heteroatoms. The van der Waals surface area contributed by atoms with Crippen LogP contribution >= 0.6 is 0 Å². The molecule has 3 nitrogen and oxygen atoms in total. The summed E-state index contributed by atoms with van der Waals surface area (Å²) in [4.78, 5) is 2.45. The van der Waals surface area contributed by atoms with E-state index in [4.69, 9.17) is 5.11 Å². The SMILES string of the molecule is OC[C@@H]1CCN(Cc2cccc3c2NCC3)C1. The first-order valence-electron chi connectivity index (χ1n) is 6.54. The van der Waals surface area contributed by atoms with E-state index in [0.717, 1.165) is 39.0 Å². The van der Waals surface area contributed by atoms with Crippen molar-refractivity contribution in [2.75, 3.05) is 31.6 Å². The van der Waals surface area contributed by atoms with E-state index in [-0.39, 0.29) is 0 Å². The van der Waals surface area contributed by atoms with Crippen LogP contribution in [0.2, 0.25) is 0 Å². The Balaban J connectivity index is 1.72. The summed E-state index contributed by atoms with van der Waals surface area (Å²) in [6, 6.07) is 6.61. The lowest BCUT2D eigenvalue weighted by Gasteiger charge is -2.18. The Morgan fingerprint density at radius 3 is 3.18 bits per heavy atom. The van der Waals surface area contributed by atoms with E-state index >= 15 is 0 Å². The van der Waals surface area contributed by atoms with E-state index in [2.05, 4.69) is 28.4 Å². The van der Waals surface area contributed by atoms with Gasteiger partial charge in [0.2, 0.25) is 0 Å². The van der Waals surface area contributed by atoms with Crippen LogP contribution in [0.3, 0.4) is 0 Å². The summed E-state index contributed by atoms with van der Waals surface area (Å²) in [6.07, 6.45) is 2.29. The van der Waals surface area contributed by atoms with Gasteiger partial charge in [0, 0.05) is 31.9 Å². The molecule has 0 amide bonds. The van der Waals surface area contributed by atoms with Gasteiger partial charge in [0.1, 0.15) is 0 Å². The lowest BCUT2D eigenvalue weighted by atomic mass is 10.1. The minimum atomic E-state index is 0.335. The van der Waals surface area contributed by atoms with Crippen LogP contribution in [0.15, 0.2) is 18.2 Å². The molecule has 92 valence electrons. The Kier molecular flexibility index (Phi) is 3.04. The van der Waals surface area contributed by atoms with Gasteiger partial charge in [-0.2, -0.15) is 0 Å². The van der Waals surface area contributed by atoms with Crippen LogP contribution in [-0.4, -0.2) is 36.2 Å². The molecular weight excluding hydrogens is 212 g/mol. The zero-order valence-electron chi connectivity index (χ0n) is 10.2. The Hall–Kier alpha value is -1.06. The van der Waals surface area contributed by atoms with Crippen molar-refractivity contribution in [3.05, 3.63) is 29.3 Å². The van der Waals surface area contributed by atoms with E-state index in [1.807, 2.05) is 0 Å². The fraction of sp³-hybridized carbons (Fsp3) is 0.571. The van der Waals surface area contributed by atoms with E-state index in [0.29, 0.717) is 12.5 Å². The number of hydrogen-bond acceptors (Lipinski definition) is 3. The quantitative estimate of drug-likeness (QED) is 0.828. The van der Waals surface area contributed by atoms with Gasteiger partial charge in [-0.15, -0.1) is 0 Å². The standard InChI is InChI=1S/C14H20N2O/c17-10-11-5-7-16(8-11)9-13-3-1-2-12-4-6-15-14(12)13/h1-3,11,15,17H,4-10H2/t11-/m1/s1. The van der Waals surface area contributed by atoms with Gasteiger partial charge in [-0.05, 0) is 36.4 Å². The van der Waals surface area contributed by atoms with Gasteiger partial charge in [0.25, 0.3) is 0 Å². The molecule has 1 saturated heterocycles. The molecule has 0 bridgehead atoms. The topological polar surface area (TPSA) is 35.5 Å². The third kappa shape index (κ3) is 2.17. The Labute approximate surface area is 102 Å². The van der Waals surface area contributed by atoms with Crippen molar-refractivity contribution >= 4 is 5.69 Å². The summed E-state index contributed by atoms with van der Waals surface area (Å²) >= 11 is 0. The zero-order chi connectivity index (χ0) is 11.7. The summed E-state index contributed by atoms with van der Waals surface area (Å²) in [7, 11) is 0. The summed E-state index contributed by atoms with van der Waals surface area (Å²) in [5, 5.41) is 12.7. The van der Waals surface area contributed by atoms with Crippen LogP contribution in [0, 0.1) is 5.92 Å². The number of likely N-dealkylation sites (tertiary alicyclic amines) is 1. The van der Waals surface area contributed by atoms with Crippen LogP contribution in [0.4, 0.5) is 5.69 Å². The third-order valence-electron chi connectivity index (χ3n) is 3.96. The summed E-state index contributed by atoms with van der Waals surface area (Å²) in [5.74, 6) is 0.486. The molecule has 1 aromatic carbocycles. The molecule has 0 spiro atoms. The van der Waals surface area contributed by atoms with Crippen molar-refractivity contribution in [1.82, 2.24) is 4.90 Å². The van der Waals surface area contributed by atoms with Gasteiger partial charge in [-0.1, -0.05) is 18.2 Å². The van der Waals surface area contributed by atoms with Crippen LogP contribution < -0.4 is 5.32 Å². The number of rotatable bonds is 3. The highest BCUT2D eigenvalue weighted by Gasteiger charge is 2.23. The summed E-state index contributed by atoms with van der Waals surface area (Å²) in [6.45, 7) is 4.59. The monoisotopic (exact) mass is 232 g/mol. The Morgan fingerprint density at radius 1 is 1.41 bits per heavy atom. The number of anilines is 1. The number of aliphatic hydroxyl groups is 1. The number of para-hydroxylation sites is 1. The number of aliphatic hydroxyl groups excluding tert-OH is 1. The molecule has 1 fully saturated rings. The predicted octanol–water partition coefficient (Wildman–Crippen LogP) is 1.47. The highest BCUT2D eigenvalue weighted by Crippen LogP contribution is 2.28. The highest BCUT2D eigenvalue weighted by molar-refractivity contribution is 5.61. The molecule has 2 aliphatic heterocycles. The Morgan fingerprint density at radius 2 is 2.35 bits per heavy atom. The molecule has 1 aromatic rings. The fourth-order valence-electron chi connectivity index (χ4n) is 2.99. The van der Waals surface area contributed by atoms with Crippen LogP contribution in [0.25, 0.3) is 0 Å². The molecule has 0 radical (unpaired) electrons. The van der Waals surface area contributed by atoms with Crippen molar-refractivity contribution in [2.24, 2.45) is 5.92 Å². The van der Waals surface area contributed by atoms with Crippen molar-refractivity contribution in [1.29, 1.82) is 0 Å². The molecule has 0 aliphatic carbocycles. The van der Waals surface area contributed by atoms with Gasteiger partial charge in [0.15, 0.2) is 0 Å². The van der Waals surface area contributed by atoms with Gasteiger partial charge >= 0.3 is 0 Å². The van der Waals surface area contributed by atoms with Crippen molar-refractivity contribution < 1.29 is 5.11 Å². The van der Waals surface area contributed by atoms with E-state index < -0.39 is 0 Å². The fourth-order valence-corrected chi connectivity index (χ4v) is 2.99. The van der Waals surface area contributed by atoms with Gasteiger partial charge < -0.3 is 10.4 Å². The van der Waals surface area contributed by atoms with E-state index in [1.165, 1.54) is 16.8 Å². The average molecular weight is 232 g/mol. The highest BCUT2D eigenvalue weighted by atomic mass is 16.3. The van der Waals surface area contributed by atoms with Gasteiger partial charge in [-0.3, -0.25) is 4.90 Å². The van der Waals surface area contributed by atoms with Crippen molar-refractivity contribution in [2.45, 2.75) is 19.4 Å². The van der Waals surface area contributed by atoms with Crippen molar-refractivity contribution in [3.63, 3.8) is 0 Å². The number of benzene rings is 1. The largest absolute Gasteiger partial charge is 0.396 e. The number of nitrogens with one attached hydrogen (secondary N) is 1. The first kappa shape index (κ1) is 11.1. The van der Waals surface area contributed by atoms with Crippen LogP contribution in [0.1, 0.15) is 17.5 Å². The Bertz CT molecular complexity index is 405. The second kappa shape index (κ2) is 4.67. The molecule has 0 aromatic heterocycles. The third-order valence-corrected chi connectivity index (χ3v) is 3.96. The molecule has 3 rings (SSSR count). The average Bonchev–Trinajstić information content (AvgIpc) is 2.97. The van der Waals surface area contributed by atoms with E-state index in [1.54, 1.807) is 0 Å². The summed E-state index contributed by atoms with van der Waals surface area (Å²) in [5.41, 5.74) is 4.24. The van der Waals surface area contributed by atoms with Gasteiger partial charge in [0.05, 0.1) is 0 Å². The molecule has 0 saturated carbocycles. The normalized spacial score (nSPS) is 23.7. The molecule has 1 atom stereocenters. The first-order chi connectivity index (χ1) is 8.36. The number of fused-ring (bicyclic) bond motifs is 1. The van der Waals surface area contributed by atoms with Gasteiger partial charge in [-0.25, -0.2) is 0 Å². The zero-order valence-corrected chi connectivity index (χ0v) is 10.2. The maximum atomic E-state index is 9.17. The molecule has 2 aliphatic rings. The molecule has 17 heavy (non-hydrogen) atoms. The number of hydrogen-bond donors (Lipinski definition) is 2. The van der Waals surface area contributed by atoms with E-state index in [9.17, 15) is 0 Å². The maximum Gasteiger partial charge on any atom is 0.0471 e. The van der Waals surface area contributed by atoms with Crippen LogP contribution in [-0.2, 0) is 13.0 Å². The second-order valence-electron chi connectivity index (χ2n) is 5.20. The van der Waals surface area contributed by atoms with Crippen molar-refractivity contribution in [3.8, 4) is 0 Å². The summed E-state index contributed by atoms with van der Waals surface area (Å²) < 4.78 is 0. The minimum absolute atomic E-state index is 0.335. The molecule has 2 N–H and O–H groups in total. The predicted molar refractivity (Wildman–Crippen MR) is 69.1 cm³/mol.